The predicted molar refractivity (Wildman–Crippen MR) is 263 cm³/mol. The van der Waals surface area contributed by atoms with E-state index < -0.39 is 136 Å². The molecule has 292 valence electrons. The molecule has 1 heterocycles. The van der Waals surface area contributed by atoms with Crippen LogP contribution in [0.15, 0.2) is 254 Å². The first-order valence-electron chi connectivity index (χ1n) is 28.4. The lowest BCUT2D eigenvalue weighted by Gasteiger charge is -2.28. The number of nitrogens with zero attached hydrogens (tertiary/aromatic N) is 2. The number of hydrogen-bond acceptors (Lipinski definition) is 1. The highest BCUT2D eigenvalue weighted by Gasteiger charge is 2.19. The van der Waals surface area contributed by atoms with E-state index in [1.165, 1.54) is 0 Å². The Balaban J connectivity index is 1.14. The average molecular weight is 808 g/mol. The van der Waals surface area contributed by atoms with Gasteiger partial charge in [0.15, 0.2) is 0 Å². The largest absolute Gasteiger partial charge is 0.310 e. The molecule has 0 saturated carbocycles. The number of aromatic nitrogens is 1. The second kappa shape index (κ2) is 16.1. The number of benzene rings is 10. The van der Waals surface area contributed by atoms with Crippen molar-refractivity contribution in [2.24, 2.45) is 0 Å². The molecule has 0 N–H and O–H groups in total. The summed E-state index contributed by atoms with van der Waals surface area (Å²) in [5.41, 5.74) is 2.99. The minimum Gasteiger partial charge on any atom is -0.310 e. The van der Waals surface area contributed by atoms with Crippen LogP contribution < -0.4 is 4.90 Å². The Labute approximate surface area is 386 Å². The van der Waals surface area contributed by atoms with Crippen LogP contribution in [0.2, 0.25) is 0 Å². The SMILES string of the molecule is [2H]c1c([2H])c([2H])c(-c2c([2H])c([2H])c(-c3c([2H])c([2H])c([2H])c([2H])c3N(c3ccc(-c4ccccc4)cc3)c3c([2H])c([2H])c(-c4ccc5c(c4)c4ccccc4n5-c4ccc(-c5ccccc5)cc4)c([2H])c3[2H])c([2H])c2[2H])c([2H])c1[2H]. The van der Waals surface area contributed by atoms with E-state index in [1.807, 2.05) is 109 Å². The zero-order valence-electron chi connectivity index (χ0n) is 49.8. The summed E-state index contributed by atoms with van der Waals surface area (Å²) in [5.74, 6) is 0. The van der Waals surface area contributed by atoms with Gasteiger partial charge in [-0.25, -0.2) is 0 Å². The Morgan fingerprint density at radius 3 is 1.52 bits per heavy atom. The molecule has 0 radical (unpaired) electrons. The summed E-state index contributed by atoms with van der Waals surface area (Å²) in [7, 11) is 0. The van der Waals surface area contributed by atoms with Crippen LogP contribution in [0.1, 0.15) is 23.3 Å². The molecular weight excluding hydrogens is 749 g/mol. The van der Waals surface area contributed by atoms with Gasteiger partial charge in [-0.15, -0.1) is 0 Å². The first-order valence-corrected chi connectivity index (χ1v) is 19.9. The van der Waals surface area contributed by atoms with Crippen LogP contribution in [-0.4, -0.2) is 4.57 Å². The summed E-state index contributed by atoms with van der Waals surface area (Å²) >= 11 is 0. The van der Waals surface area contributed by atoms with E-state index in [9.17, 15) is 13.7 Å². The van der Waals surface area contributed by atoms with E-state index >= 15 is 0 Å². The number of hydrogen-bond donors (Lipinski definition) is 0. The Bertz CT molecular complexity index is 4230. The van der Waals surface area contributed by atoms with Gasteiger partial charge >= 0.3 is 0 Å². The third-order valence-corrected chi connectivity index (χ3v) is 10.8. The van der Waals surface area contributed by atoms with E-state index in [-0.39, 0.29) is 11.3 Å². The van der Waals surface area contributed by atoms with E-state index in [4.69, 9.17) is 9.60 Å². The van der Waals surface area contributed by atoms with E-state index in [0.717, 1.165) is 49.1 Å². The zero-order chi connectivity index (χ0) is 56.0. The van der Waals surface area contributed by atoms with Gasteiger partial charge in [0.05, 0.1) is 40.0 Å². The fourth-order valence-corrected chi connectivity index (χ4v) is 7.80. The third kappa shape index (κ3) is 6.94. The number of rotatable bonds is 9. The Kier molecular flexibility index (Phi) is 5.97. The van der Waals surface area contributed by atoms with Gasteiger partial charge < -0.3 is 9.47 Å². The second-order valence-corrected chi connectivity index (χ2v) is 14.4. The molecule has 0 fully saturated rings. The molecule has 0 aliphatic rings. The highest BCUT2D eigenvalue weighted by Crippen LogP contribution is 2.43. The van der Waals surface area contributed by atoms with Gasteiger partial charge in [-0.3, -0.25) is 0 Å². The first kappa shape index (κ1) is 23.0. The third-order valence-electron chi connectivity index (χ3n) is 10.8. The van der Waals surface area contributed by atoms with Crippen LogP contribution in [0.25, 0.3) is 83.1 Å². The number of anilines is 3. The molecule has 0 aliphatic carbocycles. The van der Waals surface area contributed by atoms with Gasteiger partial charge in [-0.05, 0) is 111 Å². The quantitative estimate of drug-likeness (QED) is 0.141. The Morgan fingerprint density at radius 2 is 0.823 bits per heavy atom. The zero-order valence-corrected chi connectivity index (χ0v) is 32.8. The van der Waals surface area contributed by atoms with Crippen LogP contribution in [0, 0.1) is 0 Å². The molecule has 2 nitrogen and oxygen atoms in total. The van der Waals surface area contributed by atoms with Crippen molar-refractivity contribution >= 4 is 38.9 Å². The van der Waals surface area contributed by atoms with Crippen LogP contribution >= 0.6 is 0 Å². The fourth-order valence-electron chi connectivity index (χ4n) is 7.80. The van der Waals surface area contributed by atoms with Crippen LogP contribution in [0.3, 0.4) is 0 Å². The van der Waals surface area contributed by atoms with Gasteiger partial charge in [-0.2, -0.15) is 0 Å². The molecule has 2 heteroatoms. The fraction of sp³-hybridized carbons (Fsp3) is 0. The lowest BCUT2D eigenvalue weighted by atomic mass is 9.98. The molecular formula is C60H42N2. The van der Waals surface area contributed by atoms with Crippen LogP contribution in [-0.2, 0) is 0 Å². The van der Waals surface area contributed by atoms with E-state index in [2.05, 4.69) is 16.7 Å². The smallest absolute Gasteiger partial charge is 0.0645 e. The van der Waals surface area contributed by atoms with Crippen molar-refractivity contribution in [3.8, 4) is 61.3 Å². The molecule has 0 spiro atoms. The predicted octanol–water partition coefficient (Wildman–Crippen LogP) is 16.6. The van der Waals surface area contributed by atoms with Gasteiger partial charge in [-0.1, -0.05) is 194 Å². The minimum absolute atomic E-state index is 0.0662. The number of para-hydroxylation sites is 2. The van der Waals surface area contributed by atoms with Crippen LogP contribution in [0.5, 0.6) is 0 Å². The summed E-state index contributed by atoms with van der Waals surface area (Å²) in [6.07, 6.45) is 0. The van der Waals surface area contributed by atoms with Crippen molar-refractivity contribution < 1.29 is 23.3 Å². The molecule has 0 amide bonds. The maximum atomic E-state index is 9.84. The lowest BCUT2D eigenvalue weighted by Crippen LogP contribution is -2.11. The summed E-state index contributed by atoms with van der Waals surface area (Å²) in [6.45, 7) is 0. The van der Waals surface area contributed by atoms with Gasteiger partial charge in [0.25, 0.3) is 0 Å². The summed E-state index contributed by atoms with van der Waals surface area (Å²) in [5, 5.41) is 1.63. The molecule has 0 unspecified atom stereocenters. The first-order chi connectivity index (χ1) is 37.8. The normalized spacial score (nSPS) is 15.1. The monoisotopic (exact) mass is 807 g/mol. The van der Waals surface area contributed by atoms with Crippen molar-refractivity contribution in [2.75, 3.05) is 4.90 Å². The van der Waals surface area contributed by atoms with Gasteiger partial charge in [0.1, 0.15) is 0 Å². The van der Waals surface area contributed by atoms with Crippen molar-refractivity contribution in [1.82, 2.24) is 4.57 Å². The van der Waals surface area contributed by atoms with Crippen molar-refractivity contribution in [1.29, 1.82) is 0 Å². The molecule has 0 bridgehead atoms. The molecule has 0 aliphatic heterocycles. The summed E-state index contributed by atoms with van der Waals surface area (Å²) < 4.78 is 157. The van der Waals surface area contributed by atoms with Gasteiger partial charge in [0, 0.05) is 33.4 Å². The average Bonchev–Trinajstić information content (AvgIpc) is 3.96. The van der Waals surface area contributed by atoms with Crippen molar-refractivity contribution in [3.63, 3.8) is 0 Å². The van der Waals surface area contributed by atoms with Gasteiger partial charge in [0.2, 0.25) is 0 Å². The second-order valence-electron chi connectivity index (χ2n) is 14.4. The molecule has 0 atom stereocenters. The molecule has 11 rings (SSSR count). The highest BCUT2D eigenvalue weighted by atomic mass is 15.1. The maximum Gasteiger partial charge on any atom is 0.0645 e. The highest BCUT2D eigenvalue weighted by molar-refractivity contribution is 6.10. The topological polar surface area (TPSA) is 8.17 Å². The van der Waals surface area contributed by atoms with Crippen molar-refractivity contribution in [2.45, 2.75) is 0 Å². The number of fused-ring (bicyclic) bond motifs is 3. The Hall–Kier alpha value is -8.20. The molecule has 11 aromatic rings. The Morgan fingerprint density at radius 1 is 0.323 bits per heavy atom. The maximum absolute atomic E-state index is 9.84. The molecule has 62 heavy (non-hydrogen) atoms. The minimum atomic E-state index is -0.899. The molecule has 1 aromatic heterocycles. The van der Waals surface area contributed by atoms with E-state index in [0.29, 0.717) is 11.1 Å². The lowest BCUT2D eigenvalue weighted by molar-refractivity contribution is 1.18. The van der Waals surface area contributed by atoms with Crippen LogP contribution in [0.4, 0.5) is 17.1 Å². The van der Waals surface area contributed by atoms with E-state index in [1.54, 1.807) is 30.3 Å². The molecule has 0 saturated heterocycles. The summed E-state index contributed by atoms with van der Waals surface area (Å²) in [4.78, 5) is 1.11. The summed E-state index contributed by atoms with van der Waals surface area (Å²) in [6, 6.07) is 34.2. The van der Waals surface area contributed by atoms with Crippen molar-refractivity contribution in [3.05, 3.63) is 254 Å². The molecule has 10 aromatic carbocycles. The standard InChI is InChI=1S/C60H42N2/c1-4-14-43(15-5-1)46-24-26-50(27-25-46)55-20-10-12-22-58(55)61(52-35-28-47(29-36-52)44-16-6-2-7-17-44)53-37-32-49(33-38-53)51-34-41-60-57(42-51)56-21-11-13-23-59(56)62(60)54-39-30-48(31-40-54)45-18-8-3-9-19-45/h1-42H/i1D,4D,5D,10D,12D,14D,15D,20D,22D,24D,25D,26D,27D,32D,33D,37D,38D.